The van der Waals surface area contributed by atoms with Crippen LogP contribution < -0.4 is 115 Å². The van der Waals surface area contributed by atoms with Crippen molar-refractivity contribution >= 4 is 23.7 Å². The normalized spacial score (nSPS) is 9.06. The molecule has 1 unspecified atom stereocenters. The van der Waals surface area contributed by atoms with Gasteiger partial charge < -0.3 is 41.2 Å². The largest absolute Gasteiger partial charge is 1.00 e. The number of ketones is 1. The van der Waals surface area contributed by atoms with Crippen LogP contribution in [0.5, 0.6) is 0 Å². The molecule has 32 heavy (non-hydrogen) atoms. The number of unbranched alkanes of at least 4 members (excludes halogenated alkanes) is 8. The molecule has 0 fully saturated rings. The molecule has 0 saturated carbocycles. The van der Waals surface area contributed by atoms with Gasteiger partial charge in [-0.1, -0.05) is 58.3 Å². The molecule has 0 aliphatic heterocycles. The van der Waals surface area contributed by atoms with E-state index in [1.807, 2.05) is 0 Å². The molecule has 0 aliphatic rings. The Bertz CT molecular complexity index is 389. The summed E-state index contributed by atoms with van der Waals surface area (Å²) in [6.45, 7) is 5.43. The standard InChI is InChI=1S/C14H30N2O.3C2H4O2.3Na/c1-2-3-4-5-6-7-8-9-10-11-14(17)13(16)12-15;3*1-2(3)4;;;/h13H,2-12,15-16H2,1H3;3*1H3,(H,3,4);;;/q;;;;3*+1/p-3. The van der Waals surface area contributed by atoms with Gasteiger partial charge in [-0.15, -0.1) is 0 Å². The van der Waals surface area contributed by atoms with Gasteiger partial charge in [0, 0.05) is 30.9 Å². The van der Waals surface area contributed by atoms with Gasteiger partial charge in [-0.3, -0.25) is 4.79 Å². The van der Waals surface area contributed by atoms with Crippen molar-refractivity contribution in [2.45, 2.75) is 97.9 Å². The predicted molar refractivity (Wildman–Crippen MR) is 106 cm³/mol. The molecule has 0 spiro atoms. The quantitative estimate of drug-likeness (QED) is 0.198. The Kier molecular flexibility index (Phi) is 65.9. The van der Waals surface area contributed by atoms with Crippen molar-refractivity contribution in [3.8, 4) is 0 Å². The van der Waals surface area contributed by atoms with Gasteiger partial charge in [-0.05, 0) is 27.2 Å². The molecule has 0 radical (unpaired) electrons. The maximum absolute atomic E-state index is 11.4. The summed E-state index contributed by atoms with van der Waals surface area (Å²) in [5.41, 5.74) is 10.9. The third kappa shape index (κ3) is 86.1. The number of carbonyl (C=O) groups excluding carboxylic acids is 4. The molecule has 1 atom stereocenters. The number of carboxylic acids is 3. The first-order valence-corrected chi connectivity index (χ1v) is 9.93. The molecule has 0 bridgehead atoms. The molecule has 9 nitrogen and oxygen atoms in total. The number of nitrogens with two attached hydrogens (primary N) is 2. The fourth-order valence-electron chi connectivity index (χ4n) is 1.93. The Balaban J connectivity index is -0.0000000694. The van der Waals surface area contributed by atoms with Crippen LogP contribution in [0, 0.1) is 0 Å². The molecular formula is C20H39N2Na3O7. The molecule has 0 aliphatic carbocycles. The first-order valence-electron chi connectivity index (χ1n) is 9.93. The molecule has 12 heteroatoms. The fourth-order valence-corrected chi connectivity index (χ4v) is 1.93. The molecule has 0 aromatic carbocycles. The second kappa shape index (κ2) is 42.2. The van der Waals surface area contributed by atoms with Crippen molar-refractivity contribution in [3.05, 3.63) is 0 Å². The SMILES string of the molecule is CC(=O)[O-].CC(=O)[O-].CC(=O)[O-].CCCCCCCCCCCC(=O)C(N)CN.[Na+].[Na+].[Na+]. The molecule has 0 saturated heterocycles. The van der Waals surface area contributed by atoms with Crippen LogP contribution in [0.1, 0.15) is 91.9 Å². The van der Waals surface area contributed by atoms with E-state index in [9.17, 15) is 4.79 Å². The first kappa shape index (κ1) is 50.0. The first-order chi connectivity index (χ1) is 13.4. The maximum Gasteiger partial charge on any atom is 1.00 e. The van der Waals surface area contributed by atoms with Crippen molar-refractivity contribution in [1.29, 1.82) is 0 Å². The fraction of sp³-hybridized carbons (Fsp3) is 0.800. The van der Waals surface area contributed by atoms with Crippen molar-refractivity contribution in [2.75, 3.05) is 6.54 Å². The van der Waals surface area contributed by atoms with Crippen LogP contribution in [0.3, 0.4) is 0 Å². The molecule has 0 aromatic heterocycles. The van der Waals surface area contributed by atoms with Gasteiger partial charge in [0.2, 0.25) is 0 Å². The maximum atomic E-state index is 11.4. The summed E-state index contributed by atoms with van der Waals surface area (Å²) in [6, 6.07) is -0.441. The van der Waals surface area contributed by atoms with Crippen molar-refractivity contribution in [3.63, 3.8) is 0 Å². The van der Waals surface area contributed by atoms with E-state index in [0.29, 0.717) is 6.42 Å². The van der Waals surface area contributed by atoms with Gasteiger partial charge in [0.05, 0.1) is 6.04 Å². The Morgan fingerprint density at radius 1 is 0.656 bits per heavy atom. The second-order valence-corrected chi connectivity index (χ2v) is 6.36. The summed E-state index contributed by atoms with van der Waals surface area (Å²) in [6.07, 6.45) is 12.0. The summed E-state index contributed by atoms with van der Waals surface area (Å²) in [7, 11) is 0. The van der Waals surface area contributed by atoms with Gasteiger partial charge in [0.25, 0.3) is 0 Å². The molecular weight excluding hydrogens is 449 g/mol. The van der Waals surface area contributed by atoms with E-state index < -0.39 is 23.9 Å². The number of hydrogen-bond donors (Lipinski definition) is 2. The van der Waals surface area contributed by atoms with Crippen LogP contribution in [0.4, 0.5) is 0 Å². The Labute approximate surface area is 260 Å². The minimum absolute atomic E-state index is 0. The van der Waals surface area contributed by atoms with E-state index in [1.54, 1.807) is 0 Å². The van der Waals surface area contributed by atoms with E-state index in [2.05, 4.69) is 6.92 Å². The third-order valence-electron chi connectivity index (χ3n) is 3.19. The molecule has 0 amide bonds. The zero-order valence-corrected chi connectivity index (χ0v) is 27.4. The third-order valence-corrected chi connectivity index (χ3v) is 3.19. The number of Topliss-reactive ketones (excluding diaryl/α,β-unsaturated/α-hetero) is 1. The minimum Gasteiger partial charge on any atom is -0.550 e. The number of carboxylic acid groups (broad SMARTS) is 3. The summed E-state index contributed by atoms with van der Waals surface area (Å²) in [5.74, 6) is -3.13. The summed E-state index contributed by atoms with van der Waals surface area (Å²) in [5, 5.41) is 26.7. The molecule has 4 N–H and O–H groups in total. The zero-order valence-electron chi connectivity index (χ0n) is 21.4. The summed E-state index contributed by atoms with van der Waals surface area (Å²) < 4.78 is 0. The van der Waals surface area contributed by atoms with E-state index in [-0.39, 0.29) is 101 Å². The van der Waals surface area contributed by atoms with Crippen molar-refractivity contribution in [2.24, 2.45) is 11.5 Å². The molecule has 0 rings (SSSR count). The number of rotatable bonds is 12. The van der Waals surface area contributed by atoms with Gasteiger partial charge in [0.1, 0.15) is 0 Å². The van der Waals surface area contributed by atoms with E-state index in [1.165, 1.54) is 44.9 Å². The number of aliphatic carboxylic acids is 3. The Morgan fingerprint density at radius 2 is 0.906 bits per heavy atom. The van der Waals surface area contributed by atoms with Gasteiger partial charge >= 0.3 is 88.7 Å². The monoisotopic (exact) mass is 488 g/mol. The smallest absolute Gasteiger partial charge is 0.550 e. The molecule has 0 heterocycles. The van der Waals surface area contributed by atoms with E-state index in [4.69, 9.17) is 41.2 Å². The van der Waals surface area contributed by atoms with Gasteiger partial charge in [-0.25, -0.2) is 0 Å². The molecule has 174 valence electrons. The van der Waals surface area contributed by atoms with Crippen molar-refractivity contribution < 1.29 is 123 Å². The number of hydrogen-bond acceptors (Lipinski definition) is 9. The summed E-state index contributed by atoms with van der Waals surface area (Å²) in [4.78, 5) is 38.0. The van der Waals surface area contributed by atoms with E-state index in [0.717, 1.165) is 33.6 Å². The average molecular weight is 489 g/mol. The minimum atomic E-state index is -1.08. The molecule has 0 aromatic rings. The van der Waals surface area contributed by atoms with Gasteiger partial charge in [0.15, 0.2) is 5.78 Å². The Morgan fingerprint density at radius 3 is 1.16 bits per heavy atom. The van der Waals surface area contributed by atoms with E-state index >= 15 is 0 Å². The topological polar surface area (TPSA) is 190 Å². The van der Waals surface area contributed by atoms with Crippen molar-refractivity contribution in [1.82, 2.24) is 0 Å². The average Bonchev–Trinajstić information content (AvgIpc) is 2.58. The van der Waals surface area contributed by atoms with Crippen LogP contribution >= 0.6 is 0 Å². The van der Waals surface area contributed by atoms with Crippen LogP contribution in [0.2, 0.25) is 0 Å². The Hall–Kier alpha value is 1.00. The summed E-state index contributed by atoms with van der Waals surface area (Å²) >= 11 is 0. The second-order valence-electron chi connectivity index (χ2n) is 6.36. The van der Waals surface area contributed by atoms with Crippen LogP contribution in [-0.2, 0) is 19.2 Å². The van der Waals surface area contributed by atoms with Crippen LogP contribution in [0.15, 0.2) is 0 Å². The van der Waals surface area contributed by atoms with Gasteiger partial charge in [-0.2, -0.15) is 0 Å². The zero-order chi connectivity index (χ0) is 23.7. The van der Waals surface area contributed by atoms with Crippen LogP contribution in [-0.4, -0.2) is 36.3 Å². The number of carbonyl (C=O) groups is 4. The van der Waals surface area contributed by atoms with Crippen LogP contribution in [0.25, 0.3) is 0 Å². The predicted octanol–water partition coefficient (Wildman–Crippen LogP) is -9.96.